The van der Waals surface area contributed by atoms with Crippen molar-refractivity contribution >= 4 is 23.2 Å². The molecular formula is C16H24ClN3O. The Hall–Kier alpha value is -1.26. The monoisotopic (exact) mass is 309 g/mol. The summed E-state index contributed by atoms with van der Waals surface area (Å²) in [4.78, 5) is 16.6. The largest absolute Gasteiger partial charge is 0.368 e. The van der Waals surface area contributed by atoms with E-state index < -0.39 is 0 Å². The second-order valence-electron chi connectivity index (χ2n) is 5.81. The van der Waals surface area contributed by atoms with E-state index in [1.54, 1.807) is 0 Å². The summed E-state index contributed by atoms with van der Waals surface area (Å²) >= 11 is 6.24. The van der Waals surface area contributed by atoms with Crippen LogP contribution in [0.25, 0.3) is 0 Å². The molecule has 0 spiro atoms. The molecule has 1 amide bonds. The maximum Gasteiger partial charge on any atom is 0.237 e. The minimum atomic E-state index is -0.0826. The molecule has 2 rings (SSSR count). The molecule has 4 nitrogen and oxygen atoms in total. The Morgan fingerprint density at radius 3 is 2.33 bits per heavy atom. The van der Waals surface area contributed by atoms with Crippen LogP contribution in [0.2, 0.25) is 5.02 Å². The zero-order chi connectivity index (χ0) is 15.4. The zero-order valence-electron chi connectivity index (χ0n) is 13.0. The van der Waals surface area contributed by atoms with E-state index in [2.05, 4.69) is 15.1 Å². The van der Waals surface area contributed by atoms with Crippen LogP contribution in [-0.2, 0) is 4.79 Å². The molecule has 1 atom stereocenters. The van der Waals surface area contributed by atoms with Gasteiger partial charge in [0, 0.05) is 32.2 Å². The number of benzene rings is 1. The lowest BCUT2D eigenvalue weighted by molar-refractivity contribution is -0.126. The first-order valence-electron chi connectivity index (χ1n) is 7.53. The molecule has 0 bridgehead atoms. The molecule has 1 N–H and O–H groups in total. The first-order valence-corrected chi connectivity index (χ1v) is 7.90. The molecule has 0 unspecified atom stereocenters. The lowest BCUT2D eigenvalue weighted by Crippen LogP contribution is -2.54. The molecule has 1 heterocycles. The fraction of sp³-hybridized carbons (Fsp3) is 0.562. The highest BCUT2D eigenvalue weighted by atomic mass is 35.5. The molecule has 1 saturated heterocycles. The molecule has 0 aliphatic carbocycles. The van der Waals surface area contributed by atoms with E-state index in [1.807, 2.05) is 45.0 Å². The molecule has 1 aliphatic heterocycles. The fourth-order valence-electron chi connectivity index (χ4n) is 2.63. The smallest absolute Gasteiger partial charge is 0.237 e. The second-order valence-corrected chi connectivity index (χ2v) is 6.22. The Balaban J connectivity index is 1.91. The van der Waals surface area contributed by atoms with E-state index in [9.17, 15) is 4.79 Å². The standard InChI is InChI=1S/C16H24ClN3O/c1-12(2)18-16(21)13(3)19-8-10-20(11-9-19)15-7-5-4-6-14(15)17/h4-7,12-13H,8-11H2,1-3H3,(H,18,21)/t13-/m0/s1. The predicted molar refractivity (Wildman–Crippen MR) is 88.0 cm³/mol. The van der Waals surface area contributed by atoms with Gasteiger partial charge in [0.2, 0.25) is 5.91 Å². The Morgan fingerprint density at radius 2 is 1.76 bits per heavy atom. The van der Waals surface area contributed by atoms with Gasteiger partial charge in [0.05, 0.1) is 16.8 Å². The van der Waals surface area contributed by atoms with E-state index in [0.29, 0.717) is 0 Å². The van der Waals surface area contributed by atoms with Gasteiger partial charge >= 0.3 is 0 Å². The number of hydrogen-bond acceptors (Lipinski definition) is 3. The molecule has 116 valence electrons. The van der Waals surface area contributed by atoms with Gasteiger partial charge in [0.15, 0.2) is 0 Å². The SMILES string of the molecule is CC(C)NC(=O)[C@H](C)N1CCN(c2ccccc2Cl)CC1. The van der Waals surface area contributed by atoms with Crippen LogP contribution in [0.1, 0.15) is 20.8 Å². The molecular weight excluding hydrogens is 286 g/mol. The lowest BCUT2D eigenvalue weighted by Gasteiger charge is -2.39. The van der Waals surface area contributed by atoms with Crippen LogP contribution in [0.3, 0.4) is 0 Å². The second kappa shape index (κ2) is 7.14. The average molecular weight is 310 g/mol. The molecule has 1 aromatic carbocycles. The van der Waals surface area contributed by atoms with E-state index >= 15 is 0 Å². The maximum absolute atomic E-state index is 12.1. The van der Waals surface area contributed by atoms with Gasteiger partial charge in [-0.05, 0) is 32.9 Å². The number of carbonyl (C=O) groups excluding carboxylic acids is 1. The summed E-state index contributed by atoms with van der Waals surface area (Å²) in [5.41, 5.74) is 1.08. The Labute approximate surface area is 132 Å². The van der Waals surface area contributed by atoms with Crippen molar-refractivity contribution in [2.75, 3.05) is 31.1 Å². The summed E-state index contributed by atoms with van der Waals surface area (Å²) in [6.07, 6.45) is 0. The number of para-hydroxylation sites is 1. The fourth-order valence-corrected chi connectivity index (χ4v) is 2.88. The highest BCUT2D eigenvalue weighted by molar-refractivity contribution is 6.33. The average Bonchev–Trinajstić information content (AvgIpc) is 2.46. The maximum atomic E-state index is 12.1. The van der Waals surface area contributed by atoms with Crippen LogP contribution in [0.5, 0.6) is 0 Å². The topological polar surface area (TPSA) is 35.6 Å². The Morgan fingerprint density at radius 1 is 1.14 bits per heavy atom. The van der Waals surface area contributed by atoms with Crippen molar-refractivity contribution in [3.8, 4) is 0 Å². The highest BCUT2D eigenvalue weighted by Gasteiger charge is 2.26. The molecule has 21 heavy (non-hydrogen) atoms. The van der Waals surface area contributed by atoms with Crippen molar-refractivity contribution in [3.05, 3.63) is 29.3 Å². The Kier molecular flexibility index (Phi) is 5.48. The number of halogens is 1. The third kappa shape index (κ3) is 4.11. The third-order valence-electron chi connectivity index (χ3n) is 3.87. The van der Waals surface area contributed by atoms with Crippen LogP contribution in [0.4, 0.5) is 5.69 Å². The van der Waals surface area contributed by atoms with Crippen LogP contribution in [-0.4, -0.2) is 49.1 Å². The first kappa shape index (κ1) is 16.1. The first-order chi connectivity index (χ1) is 9.99. The number of nitrogens with one attached hydrogen (secondary N) is 1. The minimum Gasteiger partial charge on any atom is -0.368 e. The van der Waals surface area contributed by atoms with Crippen molar-refractivity contribution in [1.82, 2.24) is 10.2 Å². The molecule has 5 heteroatoms. The molecule has 0 radical (unpaired) electrons. The van der Waals surface area contributed by atoms with Crippen molar-refractivity contribution < 1.29 is 4.79 Å². The van der Waals surface area contributed by atoms with E-state index in [-0.39, 0.29) is 18.0 Å². The number of hydrogen-bond donors (Lipinski definition) is 1. The summed E-state index contributed by atoms with van der Waals surface area (Å²) in [5.74, 6) is 0.108. The van der Waals surface area contributed by atoms with Gasteiger partial charge in [0.1, 0.15) is 0 Å². The van der Waals surface area contributed by atoms with E-state index in [1.165, 1.54) is 0 Å². The summed E-state index contributed by atoms with van der Waals surface area (Å²) in [6, 6.07) is 8.02. The van der Waals surface area contributed by atoms with Gasteiger partial charge in [-0.25, -0.2) is 0 Å². The number of amides is 1. The van der Waals surface area contributed by atoms with Crippen LogP contribution < -0.4 is 10.2 Å². The van der Waals surface area contributed by atoms with Gasteiger partial charge < -0.3 is 10.2 Å². The van der Waals surface area contributed by atoms with Crippen molar-refractivity contribution in [1.29, 1.82) is 0 Å². The van der Waals surface area contributed by atoms with Crippen LogP contribution in [0, 0.1) is 0 Å². The number of anilines is 1. The number of rotatable bonds is 4. The van der Waals surface area contributed by atoms with Gasteiger partial charge in [-0.3, -0.25) is 9.69 Å². The Bertz CT molecular complexity index is 484. The molecule has 1 aromatic rings. The zero-order valence-corrected chi connectivity index (χ0v) is 13.7. The highest BCUT2D eigenvalue weighted by Crippen LogP contribution is 2.26. The van der Waals surface area contributed by atoms with Gasteiger partial charge in [0.25, 0.3) is 0 Å². The van der Waals surface area contributed by atoms with Gasteiger partial charge in [-0.15, -0.1) is 0 Å². The van der Waals surface area contributed by atoms with E-state index in [0.717, 1.165) is 36.9 Å². The summed E-state index contributed by atoms with van der Waals surface area (Å²) in [7, 11) is 0. The normalized spacial score (nSPS) is 17.9. The lowest BCUT2D eigenvalue weighted by atomic mass is 10.2. The van der Waals surface area contributed by atoms with Gasteiger partial charge in [-0.1, -0.05) is 23.7 Å². The number of carbonyl (C=O) groups is 1. The molecule has 1 fully saturated rings. The van der Waals surface area contributed by atoms with Crippen molar-refractivity contribution in [2.45, 2.75) is 32.9 Å². The quantitative estimate of drug-likeness (QED) is 0.927. The van der Waals surface area contributed by atoms with Crippen LogP contribution >= 0.6 is 11.6 Å². The minimum absolute atomic E-state index is 0.0826. The van der Waals surface area contributed by atoms with Gasteiger partial charge in [-0.2, -0.15) is 0 Å². The molecule has 1 aliphatic rings. The third-order valence-corrected chi connectivity index (χ3v) is 4.19. The predicted octanol–water partition coefficient (Wildman–Crippen LogP) is 2.38. The number of piperazine rings is 1. The number of nitrogens with zero attached hydrogens (tertiary/aromatic N) is 2. The van der Waals surface area contributed by atoms with Crippen LogP contribution in [0.15, 0.2) is 24.3 Å². The summed E-state index contributed by atoms with van der Waals surface area (Å²) in [6.45, 7) is 9.48. The van der Waals surface area contributed by atoms with Crippen molar-refractivity contribution in [2.24, 2.45) is 0 Å². The van der Waals surface area contributed by atoms with E-state index in [4.69, 9.17) is 11.6 Å². The van der Waals surface area contributed by atoms with Crippen molar-refractivity contribution in [3.63, 3.8) is 0 Å². The molecule has 0 aromatic heterocycles. The summed E-state index contributed by atoms with van der Waals surface area (Å²) in [5, 5.41) is 3.76. The molecule has 0 saturated carbocycles. The summed E-state index contributed by atoms with van der Waals surface area (Å²) < 4.78 is 0.